The van der Waals surface area contributed by atoms with E-state index in [1.807, 2.05) is 6.92 Å². The summed E-state index contributed by atoms with van der Waals surface area (Å²) in [5.74, 6) is -0.715. The number of fused-ring (bicyclic) bond motifs is 2. The molecule has 5 rings (SSSR count). The Bertz CT molecular complexity index is 790. The molecule has 5 fully saturated rings. The summed E-state index contributed by atoms with van der Waals surface area (Å²) in [6, 6.07) is 0. The van der Waals surface area contributed by atoms with Gasteiger partial charge in [0, 0.05) is 24.9 Å². The zero-order valence-electron chi connectivity index (χ0n) is 23.5. The van der Waals surface area contributed by atoms with Crippen LogP contribution in [0.2, 0.25) is 0 Å². The Kier molecular flexibility index (Phi) is 10.5. The molecule has 9 heteroatoms. The number of hydrogen-bond donors (Lipinski definition) is 1. The van der Waals surface area contributed by atoms with E-state index in [1.54, 1.807) is 0 Å². The molecule has 0 aromatic heterocycles. The number of unbranched alkanes of at least 4 members (excludes halogenated alkanes) is 7. The predicted octanol–water partition coefficient (Wildman–Crippen LogP) is 5.74. The third-order valence-corrected chi connectivity index (χ3v) is 9.22. The predicted molar refractivity (Wildman–Crippen MR) is 138 cm³/mol. The topological polar surface area (TPSA) is 110 Å². The summed E-state index contributed by atoms with van der Waals surface area (Å²) < 4.78 is 24.2. The highest BCUT2D eigenvalue weighted by Gasteiger charge is 2.69. The van der Waals surface area contributed by atoms with Crippen LogP contribution in [-0.2, 0) is 38.3 Å². The molecule has 218 valence electrons. The van der Waals surface area contributed by atoms with Crippen molar-refractivity contribution in [1.82, 2.24) is 0 Å². The van der Waals surface area contributed by atoms with Crippen molar-refractivity contribution in [3.05, 3.63) is 0 Å². The Hall–Kier alpha value is -1.26. The van der Waals surface area contributed by atoms with Crippen molar-refractivity contribution < 1.29 is 43.4 Å². The van der Waals surface area contributed by atoms with Gasteiger partial charge in [-0.3, -0.25) is 9.59 Å². The molecule has 0 aromatic rings. The van der Waals surface area contributed by atoms with Gasteiger partial charge >= 0.3 is 11.9 Å². The summed E-state index contributed by atoms with van der Waals surface area (Å²) in [6.07, 6.45) is 11.8. The minimum atomic E-state index is -0.976. The van der Waals surface area contributed by atoms with Crippen LogP contribution in [0.25, 0.3) is 0 Å². The highest BCUT2D eigenvalue weighted by Crippen LogP contribution is 2.60. The smallest absolute Gasteiger partial charge is 0.306 e. The minimum Gasteiger partial charge on any atom is -0.481 e. The normalized spacial score (nSPS) is 37.9. The molecule has 1 spiro atoms. The number of carboxylic acids is 1. The highest BCUT2D eigenvalue weighted by atomic mass is 17.3. The fourth-order valence-corrected chi connectivity index (χ4v) is 6.99. The van der Waals surface area contributed by atoms with Gasteiger partial charge in [0.1, 0.15) is 0 Å². The summed E-state index contributed by atoms with van der Waals surface area (Å²) in [4.78, 5) is 33.9. The van der Waals surface area contributed by atoms with Crippen LogP contribution >= 0.6 is 0 Å². The lowest BCUT2D eigenvalue weighted by atomic mass is 9.58. The first-order valence-electron chi connectivity index (χ1n) is 14.9. The van der Waals surface area contributed by atoms with E-state index in [9.17, 15) is 9.59 Å². The van der Waals surface area contributed by atoms with Gasteiger partial charge in [0.2, 0.25) is 5.79 Å². The van der Waals surface area contributed by atoms with Gasteiger partial charge in [-0.2, -0.15) is 0 Å². The molecule has 38 heavy (non-hydrogen) atoms. The molecule has 4 saturated heterocycles. The molecule has 4 aliphatic heterocycles. The summed E-state index contributed by atoms with van der Waals surface area (Å²) in [7, 11) is 0. The van der Waals surface area contributed by atoms with Crippen molar-refractivity contribution in [3.8, 4) is 0 Å². The maximum atomic E-state index is 11.4. The van der Waals surface area contributed by atoms with E-state index >= 15 is 0 Å². The fourth-order valence-electron chi connectivity index (χ4n) is 6.99. The average Bonchev–Trinajstić information content (AvgIpc) is 3.12. The standard InChI is InChI=1S/C29H48O9/c1-20-12-13-23-21(2)26(35-27-29(23)22(20)16-17-28(3,36-27)37-38-29)34-19-11-9-7-5-4-6-8-10-18-33-25(32)15-14-24(30)31/h20-23,26-27H,4-19H2,1-3H3,(H,30,31)/t20-,21-,22+,23+,26+,27-,28+,29-/m1/s1. The molecule has 0 radical (unpaired) electrons. The summed E-state index contributed by atoms with van der Waals surface area (Å²) in [6.45, 7) is 7.57. The Morgan fingerprint density at radius 2 is 1.55 bits per heavy atom. The largest absolute Gasteiger partial charge is 0.481 e. The maximum absolute atomic E-state index is 11.4. The SMILES string of the molecule is C[C@H]1[C@@H](OCCCCCCCCCCOC(=O)CCC(=O)O)O[C@@H]2O[C@]3(C)CC[C@H]4[C@H](C)CC[C@@H]1[C@@]24OO3. The van der Waals surface area contributed by atoms with E-state index in [1.165, 1.54) is 25.7 Å². The van der Waals surface area contributed by atoms with Gasteiger partial charge in [0.15, 0.2) is 18.2 Å². The van der Waals surface area contributed by atoms with Gasteiger partial charge in [0.05, 0.1) is 19.4 Å². The first-order valence-corrected chi connectivity index (χ1v) is 14.9. The number of hydrogen-bond acceptors (Lipinski definition) is 8. The monoisotopic (exact) mass is 540 g/mol. The van der Waals surface area contributed by atoms with Gasteiger partial charge in [-0.15, -0.1) is 0 Å². The molecular weight excluding hydrogens is 492 g/mol. The molecule has 0 amide bonds. The van der Waals surface area contributed by atoms with Crippen molar-refractivity contribution in [2.75, 3.05) is 13.2 Å². The summed E-state index contributed by atoms with van der Waals surface area (Å²) in [5, 5.41) is 8.57. The molecule has 2 bridgehead atoms. The lowest BCUT2D eigenvalue weighted by Crippen LogP contribution is -2.70. The lowest BCUT2D eigenvalue weighted by Gasteiger charge is -2.60. The van der Waals surface area contributed by atoms with Crippen molar-refractivity contribution >= 4 is 11.9 Å². The second kappa shape index (κ2) is 13.4. The third-order valence-electron chi connectivity index (χ3n) is 9.22. The van der Waals surface area contributed by atoms with Gasteiger partial charge in [-0.25, -0.2) is 9.78 Å². The second-order valence-corrected chi connectivity index (χ2v) is 12.1. The van der Waals surface area contributed by atoms with Crippen LogP contribution in [0.15, 0.2) is 0 Å². The van der Waals surface area contributed by atoms with Crippen LogP contribution in [0.3, 0.4) is 0 Å². The van der Waals surface area contributed by atoms with Gasteiger partial charge in [0.25, 0.3) is 0 Å². The summed E-state index contributed by atoms with van der Waals surface area (Å²) in [5.41, 5.74) is -0.533. The van der Waals surface area contributed by atoms with Crippen molar-refractivity contribution in [3.63, 3.8) is 0 Å². The van der Waals surface area contributed by atoms with Crippen LogP contribution in [0.5, 0.6) is 0 Å². The van der Waals surface area contributed by atoms with Crippen LogP contribution in [0, 0.1) is 23.7 Å². The number of carboxylic acid groups (broad SMARTS) is 1. The number of esters is 1. The fraction of sp³-hybridized carbons (Fsp3) is 0.931. The quantitative estimate of drug-likeness (QED) is 0.158. The van der Waals surface area contributed by atoms with Gasteiger partial charge < -0.3 is 24.1 Å². The lowest BCUT2D eigenvalue weighted by molar-refractivity contribution is -0.577. The molecule has 1 saturated carbocycles. The second-order valence-electron chi connectivity index (χ2n) is 12.1. The number of ether oxygens (including phenoxy) is 4. The van der Waals surface area contributed by atoms with E-state index in [4.69, 9.17) is 33.8 Å². The number of carbonyl (C=O) groups is 2. The summed E-state index contributed by atoms with van der Waals surface area (Å²) >= 11 is 0. The first-order chi connectivity index (χ1) is 18.2. The Labute approximate surface area is 227 Å². The molecule has 1 aliphatic carbocycles. The Balaban J connectivity index is 1.08. The minimum absolute atomic E-state index is 0.0525. The molecule has 8 atom stereocenters. The van der Waals surface area contributed by atoms with Gasteiger partial charge in [-0.05, 0) is 50.9 Å². The van der Waals surface area contributed by atoms with Crippen molar-refractivity contribution in [1.29, 1.82) is 0 Å². The maximum Gasteiger partial charge on any atom is 0.306 e. The Morgan fingerprint density at radius 3 is 2.26 bits per heavy atom. The van der Waals surface area contributed by atoms with Gasteiger partial charge in [-0.1, -0.05) is 52.4 Å². The van der Waals surface area contributed by atoms with E-state index < -0.39 is 29.6 Å². The van der Waals surface area contributed by atoms with E-state index in [-0.39, 0.29) is 25.0 Å². The Morgan fingerprint density at radius 1 is 0.868 bits per heavy atom. The van der Waals surface area contributed by atoms with Crippen molar-refractivity contribution in [2.45, 2.75) is 135 Å². The molecular formula is C29H48O9. The first kappa shape index (κ1) is 29.7. The number of rotatable bonds is 15. The molecule has 0 aromatic carbocycles. The zero-order valence-corrected chi connectivity index (χ0v) is 23.5. The van der Waals surface area contributed by atoms with E-state index in [0.29, 0.717) is 31.0 Å². The van der Waals surface area contributed by atoms with Crippen LogP contribution in [0.4, 0.5) is 0 Å². The third kappa shape index (κ3) is 6.89. The van der Waals surface area contributed by atoms with E-state index in [2.05, 4.69) is 13.8 Å². The highest BCUT2D eigenvalue weighted by molar-refractivity contribution is 5.76. The average molecular weight is 541 g/mol. The number of carbonyl (C=O) groups excluding carboxylic acids is 1. The molecule has 4 heterocycles. The van der Waals surface area contributed by atoms with Crippen LogP contribution in [0.1, 0.15) is 111 Å². The molecule has 1 N–H and O–H groups in total. The van der Waals surface area contributed by atoms with Crippen molar-refractivity contribution in [2.24, 2.45) is 23.7 Å². The van der Waals surface area contributed by atoms with E-state index in [0.717, 1.165) is 51.4 Å². The van der Waals surface area contributed by atoms with Crippen LogP contribution < -0.4 is 0 Å². The number of aliphatic carboxylic acids is 1. The molecule has 5 aliphatic rings. The zero-order chi connectivity index (χ0) is 27.2. The molecule has 0 unspecified atom stereocenters. The van der Waals surface area contributed by atoms with Crippen LogP contribution in [-0.4, -0.2) is 54.2 Å². The molecule has 9 nitrogen and oxygen atoms in total.